The second-order valence-electron chi connectivity index (χ2n) is 9.84. The average molecular weight is 518 g/mol. The Labute approximate surface area is 207 Å². The van der Waals surface area contributed by atoms with Crippen LogP contribution in [0, 0.1) is 5.92 Å². The number of aliphatic hydroxyl groups is 1. The van der Waals surface area contributed by atoms with Crippen LogP contribution in [0.25, 0.3) is 0 Å². The average Bonchev–Trinajstić information content (AvgIpc) is 2.91. The molecule has 1 saturated heterocycles. The van der Waals surface area contributed by atoms with Crippen LogP contribution in [0.1, 0.15) is 53.9 Å². The van der Waals surface area contributed by atoms with Gasteiger partial charge in [0.1, 0.15) is 5.60 Å². The van der Waals surface area contributed by atoms with Crippen molar-refractivity contribution >= 4 is 33.7 Å². The van der Waals surface area contributed by atoms with Gasteiger partial charge in [-0.3, -0.25) is 0 Å². The van der Waals surface area contributed by atoms with E-state index < -0.39 is 39.9 Å². The minimum atomic E-state index is -4.47. The van der Waals surface area contributed by atoms with E-state index in [9.17, 15) is 23.1 Å². The summed E-state index contributed by atoms with van der Waals surface area (Å²) in [4.78, 5) is 27.5. The minimum Gasteiger partial charge on any atom is -0.443 e. The van der Waals surface area contributed by atoms with Crippen LogP contribution in [0.5, 0.6) is 0 Å². The van der Waals surface area contributed by atoms with Gasteiger partial charge in [-0.2, -0.15) is 0 Å². The maximum absolute atomic E-state index is 13.9. The number of nitrogens with one attached hydrogen (secondary N) is 1. The zero-order valence-corrected chi connectivity index (χ0v) is 22.0. The quantitative estimate of drug-likeness (QED) is 0.588. The molecule has 0 aliphatic carbocycles. The molecule has 2 atom stereocenters. The van der Waals surface area contributed by atoms with Crippen molar-refractivity contribution in [3.8, 4) is 0 Å². The highest BCUT2D eigenvalue weighted by Crippen LogP contribution is 2.28. The van der Waals surface area contributed by atoms with E-state index in [0.717, 1.165) is 4.90 Å². The molecule has 34 heavy (non-hydrogen) atoms. The van der Waals surface area contributed by atoms with Crippen LogP contribution in [-0.2, 0) is 14.8 Å². The van der Waals surface area contributed by atoms with E-state index >= 15 is 0 Å². The Balaban J connectivity index is 2.59. The first-order chi connectivity index (χ1) is 15.7. The highest BCUT2D eigenvalue weighted by molar-refractivity contribution is 7.89. The SMILES string of the molecule is CC(C)CCN(C(=O)OC(C)(C)C)C(=O)N(C1CCCNC[C@@H]1O)S(=O)(=O)c1cccc(Cl)c1. The van der Waals surface area contributed by atoms with Crippen molar-refractivity contribution in [3.63, 3.8) is 0 Å². The van der Waals surface area contributed by atoms with Gasteiger partial charge in [-0.15, -0.1) is 0 Å². The van der Waals surface area contributed by atoms with Crippen LogP contribution in [0.2, 0.25) is 5.02 Å². The fraction of sp³-hybridized carbons (Fsp3) is 0.652. The second-order valence-corrected chi connectivity index (χ2v) is 12.1. The van der Waals surface area contributed by atoms with Crippen molar-refractivity contribution in [2.24, 2.45) is 5.92 Å². The Kier molecular flexibility index (Phi) is 9.76. The van der Waals surface area contributed by atoms with Gasteiger partial charge in [-0.05, 0) is 70.7 Å². The smallest absolute Gasteiger partial charge is 0.418 e. The van der Waals surface area contributed by atoms with Gasteiger partial charge < -0.3 is 15.2 Å². The molecular weight excluding hydrogens is 482 g/mol. The van der Waals surface area contributed by atoms with E-state index in [2.05, 4.69) is 5.32 Å². The van der Waals surface area contributed by atoms with E-state index in [1.807, 2.05) is 13.8 Å². The number of β-amino-alcohol motifs (C(OH)–C–C–N with tert-alkyl or cyclic N) is 1. The molecule has 0 aromatic heterocycles. The zero-order valence-electron chi connectivity index (χ0n) is 20.5. The maximum Gasteiger partial charge on any atom is 0.418 e. The molecule has 2 N–H and O–H groups in total. The molecule has 1 unspecified atom stereocenters. The molecule has 0 radical (unpaired) electrons. The third-order valence-electron chi connectivity index (χ3n) is 5.27. The number of aliphatic hydroxyl groups excluding tert-OH is 1. The number of nitrogens with zero attached hydrogens (tertiary/aromatic N) is 2. The number of hydrogen-bond acceptors (Lipinski definition) is 7. The van der Waals surface area contributed by atoms with E-state index in [4.69, 9.17) is 16.3 Å². The first-order valence-electron chi connectivity index (χ1n) is 11.5. The summed E-state index contributed by atoms with van der Waals surface area (Å²) in [7, 11) is -4.47. The van der Waals surface area contributed by atoms with Gasteiger partial charge in [0.2, 0.25) is 0 Å². The van der Waals surface area contributed by atoms with E-state index in [0.29, 0.717) is 23.7 Å². The normalized spacial score (nSPS) is 19.4. The summed E-state index contributed by atoms with van der Waals surface area (Å²) < 4.78 is 33.6. The van der Waals surface area contributed by atoms with Gasteiger partial charge in [-0.25, -0.2) is 27.2 Å². The van der Waals surface area contributed by atoms with Gasteiger partial charge in [0.05, 0.1) is 17.0 Å². The van der Waals surface area contributed by atoms with Crippen LogP contribution < -0.4 is 5.32 Å². The van der Waals surface area contributed by atoms with Crippen molar-refractivity contribution in [3.05, 3.63) is 29.3 Å². The van der Waals surface area contributed by atoms with E-state index in [1.165, 1.54) is 24.3 Å². The standard InChI is InChI=1S/C23H36ClN3O6S/c1-16(2)11-13-26(22(30)33-23(3,4)5)21(29)27(19-10-7-12-25-15-20(19)28)34(31,32)18-9-6-8-17(24)14-18/h6,8-9,14,16,19-20,25,28H,7,10-13,15H2,1-5H3/t19?,20-/m0/s1. The van der Waals surface area contributed by atoms with Gasteiger partial charge >= 0.3 is 12.1 Å². The van der Waals surface area contributed by atoms with Crippen molar-refractivity contribution in [2.45, 2.75) is 76.5 Å². The number of sulfonamides is 1. The molecule has 0 spiro atoms. The number of amides is 3. The lowest BCUT2D eigenvalue weighted by Crippen LogP contribution is -2.57. The lowest BCUT2D eigenvalue weighted by atomic mass is 10.1. The summed E-state index contributed by atoms with van der Waals surface area (Å²) in [6, 6.07) is 3.43. The highest BCUT2D eigenvalue weighted by Gasteiger charge is 2.44. The van der Waals surface area contributed by atoms with Gasteiger partial charge in [0, 0.05) is 18.1 Å². The largest absolute Gasteiger partial charge is 0.443 e. The molecule has 11 heteroatoms. The lowest BCUT2D eigenvalue weighted by molar-refractivity contribution is 0.0265. The number of imide groups is 1. The minimum absolute atomic E-state index is 0.0337. The topological polar surface area (TPSA) is 116 Å². The Morgan fingerprint density at radius 1 is 1.29 bits per heavy atom. The maximum atomic E-state index is 13.9. The van der Waals surface area contributed by atoms with Gasteiger partial charge in [-0.1, -0.05) is 31.5 Å². The number of benzene rings is 1. The third kappa shape index (κ3) is 7.56. The molecule has 1 aromatic carbocycles. The summed E-state index contributed by atoms with van der Waals surface area (Å²) in [5.41, 5.74) is -0.893. The second kappa shape index (κ2) is 11.7. The molecular formula is C23H36ClN3O6S. The number of carbonyl (C=O) groups excluding carboxylic acids is 2. The Morgan fingerprint density at radius 3 is 2.56 bits per heavy atom. The third-order valence-corrected chi connectivity index (χ3v) is 7.30. The number of ether oxygens (including phenoxy) is 1. The van der Waals surface area contributed by atoms with Crippen molar-refractivity contribution in [2.75, 3.05) is 19.6 Å². The number of hydrogen-bond donors (Lipinski definition) is 2. The number of rotatable bonds is 6. The lowest BCUT2D eigenvalue weighted by Gasteiger charge is -2.36. The fourth-order valence-electron chi connectivity index (χ4n) is 3.54. The number of carbonyl (C=O) groups is 2. The van der Waals surface area contributed by atoms with E-state index in [1.54, 1.807) is 20.8 Å². The summed E-state index contributed by atoms with van der Waals surface area (Å²) in [6.45, 7) is 9.49. The van der Waals surface area contributed by atoms with E-state index in [-0.39, 0.29) is 35.3 Å². The molecule has 0 saturated carbocycles. The van der Waals surface area contributed by atoms with Crippen molar-refractivity contribution < 1.29 is 27.9 Å². The Morgan fingerprint density at radius 2 is 1.97 bits per heavy atom. The molecule has 1 heterocycles. The molecule has 2 rings (SSSR count). The fourth-order valence-corrected chi connectivity index (χ4v) is 5.46. The zero-order chi connectivity index (χ0) is 25.7. The summed E-state index contributed by atoms with van der Waals surface area (Å²) in [5, 5.41) is 14.0. The summed E-state index contributed by atoms with van der Waals surface area (Å²) in [5.74, 6) is 0.142. The van der Waals surface area contributed by atoms with Gasteiger partial charge in [0.25, 0.3) is 10.0 Å². The van der Waals surface area contributed by atoms with Crippen LogP contribution in [0.15, 0.2) is 29.2 Å². The number of halogens is 1. The molecule has 1 aliphatic rings. The predicted molar refractivity (Wildman–Crippen MR) is 130 cm³/mol. The first-order valence-corrected chi connectivity index (χ1v) is 13.3. The molecule has 192 valence electrons. The molecule has 3 amide bonds. The molecule has 0 bridgehead atoms. The molecule has 9 nitrogen and oxygen atoms in total. The monoisotopic (exact) mass is 517 g/mol. The highest BCUT2D eigenvalue weighted by atomic mass is 35.5. The van der Waals surface area contributed by atoms with Crippen molar-refractivity contribution in [1.29, 1.82) is 0 Å². The van der Waals surface area contributed by atoms with Crippen LogP contribution in [0.3, 0.4) is 0 Å². The van der Waals surface area contributed by atoms with Crippen LogP contribution in [0.4, 0.5) is 9.59 Å². The molecule has 1 fully saturated rings. The Bertz CT molecular complexity index is 964. The number of urea groups is 1. The first kappa shape index (κ1) is 28.4. The Hall–Kier alpha value is -1.88. The predicted octanol–water partition coefficient (Wildman–Crippen LogP) is 3.85. The molecule has 1 aromatic rings. The molecule has 1 aliphatic heterocycles. The summed E-state index contributed by atoms with van der Waals surface area (Å²) in [6.07, 6.45) is -0.886. The van der Waals surface area contributed by atoms with Crippen LogP contribution in [-0.4, -0.2) is 72.2 Å². The summed E-state index contributed by atoms with van der Waals surface area (Å²) >= 11 is 6.03. The van der Waals surface area contributed by atoms with Crippen LogP contribution >= 0.6 is 11.6 Å². The van der Waals surface area contributed by atoms with Crippen molar-refractivity contribution in [1.82, 2.24) is 14.5 Å². The van der Waals surface area contributed by atoms with Gasteiger partial charge in [0.15, 0.2) is 0 Å².